The van der Waals surface area contributed by atoms with Gasteiger partial charge in [-0.2, -0.15) is 0 Å². The highest BCUT2D eigenvalue weighted by atomic mass is 16.6. The predicted octanol–water partition coefficient (Wildman–Crippen LogP) is 2.70. The topological polar surface area (TPSA) is 116 Å². The normalized spacial score (nSPS) is 45.3. The van der Waals surface area contributed by atoms with Crippen LogP contribution in [0.15, 0.2) is 16.8 Å². The van der Waals surface area contributed by atoms with Crippen LogP contribution in [-0.4, -0.2) is 51.6 Å². The molecule has 0 saturated heterocycles. The van der Waals surface area contributed by atoms with Crippen LogP contribution in [0.3, 0.4) is 0 Å². The molecule has 0 aromatic heterocycles. The number of carbonyl (C=O) groups is 2. The van der Waals surface area contributed by atoms with E-state index in [-0.39, 0.29) is 29.1 Å². The smallest absolute Gasteiger partial charge is 0.344 e. The molecule has 3 fully saturated rings. The minimum atomic E-state index is -1.25. The second-order valence-corrected chi connectivity index (χ2v) is 10.1. The summed E-state index contributed by atoms with van der Waals surface area (Å²) in [6, 6.07) is 0. The van der Waals surface area contributed by atoms with Crippen molar-refractivity contribution in [3.63, 3.8) is 0 Å². The van der Waals surface area contributed by atoms with Crippen molar-refractivity contribution in [2.75, 3.05) is 6.61 Å². The molecule has 0 bridgehead atoms. The SMILES string of the molecule is CC(=O)[C@@]1(O)CC[C@H]2[C@@H]3CC=C4C[C@@H](O)CC[C@]4(/C=N/OCC(=O)O)[C@H]3CC[C@@]21C. The summed E-state index contributed by atoms with van der Waals surface area (Å²) < 4.78 is 0. The molecule has 4 aliphatic carbocycles. The van der Waals surface area contributed by atoms with Crippen LogP contribution in [0.1, 0.15) is 65.2 Å². The molecule has 0 radical (unpaired) electrons. The number of hydrogen-bond donors (Lipinski definition) is 3. The van der Waals surface area contributed by atoms with E-state index >= 15 is 0 Å². The van der Waals surface area contributed by atoms with E-state index in [0.29, 0.717) is 25.2 Å². The van der Waals surface area contributed by atoms with Gasteiger partial charge in [0.25, 0.3) is 0 Å². The van der Waals surface area contributed by atoms with Crippen molar-refractivity contribution < 1.29 is 29.7 Å². The van der Waals surface area contributed by atoms with Crippen molar-refractivity contribution in [1.29, 1.82) is 0 Å². The summed E-state index contributed by atoms with van der Waals surface area (Å²) in [5.74, 6) is -0.336. The minimum absolute atomic E-state index is 0.128. The monoisotopic (exact) mass is 419 g/mol. The van der Waals surface area contributed by atoms with Crippen LogP contribution in [0.2, 0.25) is 0 Å². The molecule has 0 spiro atoms. The van der Waals surface area contributed by atoms with Gasteiger partial charge in [-0.3, -0.25) is 4.79 Å². The van der Waals surface area contributed by atoms with Crippen molar-refractivity contribution >= 4 is 18.0 Å². The largest absolute Gasteiger partial charge is 0.479 e. The number of Topliss-reactive ketones (excluding diaryl/α,β-unsaturated/α-hetero) is 1. The number of nitrogens with zero attached hydrogens (tertiary/aromatic N) is 1. The zero-order chi connectivity index (χ0) is 21.7. The number of hydrogen-bond acceptors (Lipinski definition) is 6. The van der Waals surface area contributed by atoms with E-state index in [1.54, 1.807) is 6.21 Å². The van der Waals surface area contributed by atoms with Gasteiger partial charge in [-0.1, -0.05) is 23.7 Å². The first-order valence-electron chi connectivity index (χ1n) is 11.1. The molecule has 7 atom stereocenters. The molecular weight excluding hydrogens is 386 g/mol. The maximum Gasteiger partial charge on any atom is 0.344 e. The van der Waals surface area contributed by atoms with Gasteiger partial charge in [-0.15, -0.1) is 0 Å². The Balaban J connectivity index is 1.67. The van der Waals surface area contributed by atoms with Gasteiger partial charge in [-0.25, -0.2) is 4.79 Å². The summed E-state index contributed by atoms with van der Waals surface area (Å²) in [6.07, 6.45) is 9.56. The number of rotatable bonds is 5. The van der Waals surface area contributed by atoms with Crippen LogP contribution in [0.25, 0.3) is 0 Å². The van der Waals surface area contributed by atoms with Crippen molar-refractivity contribution in [3.8, 4) is 0 Å². The number of aliphatic hydroxyl groups excluding tert-OH is 1. The molecule has 4 rings (SSSR count). The Hall–Kier alpha value is -1.73. The zero-order valence-electron chi connectivity index (χ0n) is 17.8. The van der Waals surface area contributed by atoms with Gasteiger partial charge in [0.1, 0.15) is 5.60 Å². The standard InChI is InChI=1S/C23H33NO6/c1-14(25)23(29)10-7-18-17-4-3-15-11-16(26)5-9-22(15,13-24-30-12-20(27)28)19(17)6-8-21(18,23)2/h3,13,16-19,26,29H,4-12H2,1-2H3,(H,27,28)/b24-13+/t16-,17-,18-,19-,21-,22+,23-/m0/s1. The molecule has 0 aliphatic heterocycles. The average Bonchev–Trinajstić information content (AvgIpc) is 2.98. The molecule has 0 amide bonds. The van der Waals surface area contributed by atoms with Crippen LogP contribution in [0.5, 0.6) is 0 Å². The summed E-state index contributed by atoms with van der Waals surface area (Å²) in [5.41, 5.74) is -0.841. The number of carboxylic acids is 1. The molecule has 3 saturated carbocycles. The molecule has 30 heavy (non-hydrogen) atoms. The fraction of sp³-hybridized carbons (Fsp3) is 0.783. The Bertz CT molecular complexity index is 793. The van der Waals surface area contributed by atoms with E-state index in [0.717, 1.165) is 32.1 Å². The lowest BCUT2D eigenvalue weighted by atomic mass is 9.46. The van der Waals surface area contributed by atoms with E-state index < -0.39 is 23.6 Å². The summed E-state index contributed by atoms with van der Waals surface area (Å²) in [7, 11) is 0. The second-order valence-electron chi connectivity index (χ2n) is 10.1. The van der Waals surface area contributed by atoms with Crippen LogP contribution < -0.4 is 0 Å². The number of allylic oxidation sites excluding steroid dienone is 1. The third-order valence-corrected chi connectivity index (χ3v) is 8.96. The fourth-order valence-electron chi connectivity index (χ4n) is 7.40. The minimum Gasteiger partial charge on any atom is -0.479 e. The Kier molecular flexibility index (Phi) is 5.34. The van der Waals surface area contributed by atoms with Gasteiger partial charge in [0.2, 0.25) is 6.61 Å². The van der Waals surface area contributed by atoms with Crippen molar-refractivity contribution in [2.24, 2.45) is 33.7 Å². The van der Waals surface area contributed by atoms with E-state index in [1.807, 2.05) is 0 Å². The van der Waals surface area contributed by atoms with E-state index in [1.165, 1.54) is 12.5 Å². The molecule has 166 valence electrons. The number of carboxylic acid groups (broad SMARTS) is 1. The molecule has 7 heteroatoms. The van der Waals surface area contributed by atoms with E-state index in [4.69, 9.17) is 9.94 Å². The molecule has 4 aliphatic rings. The number of carbonyl (C=O) groups excluding carboxylic acids is 1. The Labute approximate surface area is 177 Å². The highest BCUT2D eigenvalue weighted by Gasteiger charge is 2.65. The van der Waals surface area contributed by atoms with Crippen LogP contribution in [-0.2, 0) is 14.4 Å². The lowest BCUT2D eigenvalue weighted by Crippen LogP contribution is -2.57. The van der Waals surface area contributed by atoms with E-state index in [9.17, 15) is 19.8 Å². The van der Waals surface area contributed by atoms with Crippen molar-refractivity contribution in [2.45, 2.75) is 76.9 Å². The molecule has 0 aromatic rings. The third-order valence-electron chi connectivity index (χ3n) is 8.96. The first-order chi connectivity index (χ1) is 14.1. The summed E-state index contributed by atoms with van der Waals surface area (Å²) >= 11 is 0. The molecule has 0 unspecified atom stereocenters. The Morgan fingerprint density at radius 2 is 1.97 bits per heavy atom. The molecule has 7 nitrogen and oxygen atoms in total. The highest BCUT2D eigenvalue weighted by Crippen LogP contribution is 2.67. The van der Waals surface area contributed by atoms with Crippen molar-refractivity contribution in [1.82, 2.24) is 0 Å². The molecule has 3 N–H and O–H groups in total. The fourth-order valence-corrected chi connectivity index (χ4v) is 7.40. The van der Waals surface area contributed by atoms with Gasteiger partial charge in [0.05, 0.1) is 12.3 Å². The predicted molar refractivity (Wildman–Crippen MR) is 110 cm³/mol. The summed E-state index contributed by atoms with van der Waals surface area (Å²) in [4.78, 5) is 28.2. The molecule has 0 heterocycles. The van der Waals surface area contributed by atoms with Gasteiger partial charge in [-0.05, 0) is 76.0 Å². The van der Waals surface area contributed by atoms with Crippen LogP contribution in [0, 0.1) is 28.6 Å². The number of fused-ring (bicyclic) bond motifs is 5. The van der Waals surface area contributed by atoms with Crippen LogP contribution in [0.4, 0.5) is 0 Å². The zero-order valence-corrected chi connectivity index (χ0v) is 17.8. The number of ketones is 1. The maximum absolute atomic E-state index is 12.4. The van der Waals surface area contributed by atoms with Gasteiger partial charge < -0.3 is 20.2 Å². The number of oxime groups is 1. The molecule has 0 aromatic carbocycles. The average molecular weight is 420 g/mol. The first-order valence-corrected chi connectivity index (χ1v) is 11.1. The van der Waals surface area contributed by atoms with Crippen LogP contribution >= 0.6 is 0 Å². The summed E-state index contributed by atoms with van der Waals surface area (Å²) in [6.45, 7) is 3.12. The quantitative estimate of drug-likeness (QED) is 0.358. The highest BCUT2D eigenvalue weighted by molar-refractivity contribution is 5.86. The number of aliphatic carboxylic acids is 1. The first kappa shape index (κ1) is 21.5. The molecular formula is C23H33NO6. The Morgan fingerprint density at radius 1 is 1.23 bits per heavy atom. The van der Waals surface area contributed by atoms with Gasteiger partial charge >= 0.3 is 5.97 Å². The third kappa shape index (κ3) is 3.04. The van der Waals surface area contributed by atoms with Crippen molar-refractivity contribution in [3.05, 3.63) is 11.6 Å². The lowest BCUT2D eigenvalue weighted by Gasteiger charge is -2.58. The number of aliphatic hydroxyl groups is 2. The van der Waals surface area contributed by atoms with Gasteiger partial charge in [0, 0.05) is 10.8 Å². The van der Waals surface area contributed by atoms with E-state index in [2.05, 4.69) is 18.2 Å². The maximum atomic E-state index is 12.4. The second kappa shape index (κ2) is 7.45. The lowest BCUT2D eigenvalue weighted by molar-refractivity contribution is -0.158. The summed E-state index contributed by atoms with van der Waals surface area (Å²) in [5, 5.41) is 34.4. The Morgan fingerprint density at radius 3 is 2.67 bits per heavy atom. The van der Waals surface area contributed by atoms with Gasteiger partial charge in [0.15, 0.2) is 5.78 Å².